The number of hydrogen-bond donors (Lipinski definition) is 0. The fraction of sp³-hybridized carbons (Fsp3) is 1.00. The van der Waals surface area contributed by atoms with E-state index in [0.29, 0.717) is 10.8 Å². The van der Waals surface area contributed by atoms with E-state index in [-0.39, 0.29) is 5.60 Å². The molecule has 3 saturated carbocycles. The SMILES string of the molecule is COC1(CBr)C2(CC2)C12CC2. The topological polar surface area (TPSA) is 9.23 Å². The van der Waals surface area contributed by atoms with Crippen LogP contribution in [0.1, 0.15) is 25.7 Å². The Morgan fingerprint density at radius 1 is 1.18 bits per heavy atom. The summed E-state index contributed by atoms with van der Waals surface area (Å²) < 4.78 is 5.71. The Morgan fingerprint density at radius 3 is 1.73 bits per heavy atom. The average molecular weight is 217 g/mol. The first kappa shape index (κ1) is 6.90. The minimum atomic E-state index is 0.264. The van der Waals surface area contributed by atoms with Crippen LogP contribution in [0, 0.1) is 10.8 Å². The third kappa shape index (κ3) is 0.433. The van der Waals surface area contributed by atoms with Crippen molar-refractivity contribution < 1.29 is 4.74 Å². The second-order valence-electron chi connectivity index (χ2n) is 4.33. The zero-order chi connectivity index (χ0) is 7.74. The fourth-order valence-electron chi connectivity index (χ4n) is 3.61. The van der Waals surface area contributed by atoms with Crippen molar-refractivity contribution >= 4 is 15.9 Å². The van der Waals surface area contributed by atoms with Gasteiger partial charge in [-0.3, -0.25) is 0 Å². The summed E-state index contributed by atoms with van der Waals surface area (Å²) in [6.07, 6.45) is 5.69. The molecule has 62 valence electrons. The van der Waals surface area contributed by atoms with Crippen LogP contribution in [-0.2, 0) is 4.74 Å². The van der Waals surface area contributed by atoms with Crippen LogP contribution >= 0.6 is 15.9 Å². The largest absolute Gasteiger partial charge is 0.376 e. The first-order valence-electron chi connectivity index (χ1n) is 4.40. The summed E-state index contributed by atoms with van der Waals surface area (Å²) in [6.45, 7) is 0. The number of hydrogen-bond acceptors (Lipinski definition) is 1. The second kappa shape index (κ2) is 1.56. The maximum atomic E-state index is 5.71. The molecule has 3 fully saturated rings. The molecule has 2 heteroatoms. The van der Waals surface area contributed by atoms with Crippen molar-refractivity contribution in [3.63, 3.8) is 0 Å². The molecular formula is C9H13BrO. The van der Waals surface area contributed by atoms with Gasteiger partial charge in [0.1, 0.15) is 0 Å². The number of fused-ring (bicyclic) bond motifs is 1. The van der Waals surface area contributed by atoms with Crippen molar-refractivity contribution in [3.05, 3.63) is 0 Å². The lowest BCUT2D eigenvalue weighted by Crippen LogP contribution is -2.19. The summed E-state index contributed by atoms with van der Waals surface area (Å²) in [7, 11) is 1.88. The molecule has 0 aliphatic heterocycles. The standard InChI is InChI=1S/C9H13BrO/c1-11-9(6-10)7(2-3-7)8(9)4-5-8/h2-6H2,1H3. The van der Waals surface area contributed by atoms with Crippen molar-refractivity contribution in [1.29, 1.82) is 0 Å². The van der Waals surface area contributed by atoms with Gasteiger partial charge in [0.05, 0.1) is 5.60 Å². The first-order valence-corrected chi connectivity index (χ1v) is 5.52. The summed E-state index contributed by atoms with van der Waals surface area (Å²) in [5, 5.41) is 1.05. The molecule has 1 nitrogen and oxygen atoms in total. The van der Waals surface area contributed by atoms with Gasteiger partial charge in [-0.1, -0.05) is 15.9 Å². The quantitative estimate of drug-likeness (QED) is 0.645. The molecule has 0 heterocycles. The van der Waals surface area contributed by atoms with Crippen molar-refractivity contribution in [3.8, 4) is 0 Å². The molecule has 0 atom stereocenters. The van der Waals surface area contributed by atoms with E-state index in [4.69, 9.17) is 4.74 Å². The van der Waals surface area contributed by atoms with E-state index in [0.717, 1.165) is 5.33 Å². The van der Waals surface area contributed by atoms with Crippen LogP contribution in [0.5, 0.6) is 0 Å². The van der Waals surface area contributed by atoms with Gasteiger partial charge >= 0.3 is 0 Å². The van der Waals surface area contributed by atoms with Crippen LogP contribution in [-0.4, -0.2) is 18.0 Å². The predicted molar refractivity (Wildman–Crippen MR) is 46.9 cm³/mol. The Balaban J connectivity index is 1.99. The normalized spacial score (nSPS) is 46.4. The zero-order valence-electron chi connectivity index (χ0n) is 6.82. The Labute approximate surface area is 75.6 Å². The van der Waals surface area contributed by atoms with E-state index in [1.165, 1.54) is 25.7 Å². The van der Waals surface area contributed by atoms with Gasteiger partial charge < -0.3 is 4.74 Å². The highest BCUT2D eigenvalue weighted by Crippen LogP contribution is 2.95. The monoisotopic (exact) mass is 216 g/mol. The van der Waals surface area contributed by atoms with Crippen LogP contribution in [0.3, 0.4) is 0 Å². The smallest absolute Gasteiger partial charge is 0.0899 e. The van der Waals surface area contributed by atoms with Crippen molar-refractivity contribution in [1.82, 2.24) is 0 Å². The Kier molecular flexibility index (Phi) is 0.977. The maximum absolute atomic E-state index is 5.71. The lowest BCUT2D eigenvalue weighted by Gasteiger charge is -2.11. The highest BCUT2D eigenvalue weighted by atomic mass is 79.9. The highest BCUT2D eigenvalue weighted by Gasteiger charge is 2.95. The summed E-state index contributed by atoms with van der Waals surface area (Å²) in [5.41, 5.74) is 1.57. The zero-order valence-corrected chi connectivity index (χ0v) is 8.41. The minimum absolute atomic E-state index is 0.264. The molecular weight excluding hydrogens is 204 g/mol. The average Bonchev–Trinajstić information content (AvgIpc) is 2.86. The maximum Gasteiger partial charge on any atom is 0.0899 e. The number of ether oxygens (including phenoxy) is 1. The van der Waals surface area contributed by atoms with E-state index in [9.17, 15) is 0 Å². The highest BCUT2D eigenvalue weighted by molar-refractivity contribution is 9.09. The van der Waals surface area contributed by atoms with Gasteiger partial charge in [-0.05, 0) is 25.7 Å². The molecule has 0 N–H and O–H groups in total. The number of rotatable bonds is 2. The van der Waals surface area contributed by atoms with Gasteiger partial charge in [-0.15, -0.1) is 0 Å². The van der Waals surface area contributed by atoms with E-state index < -0.39 is 0 Å². The van der Waals surface area contributed by atoms with Gasteiger partial charge in [0, 0.05) is 23.3 Å². The molecule has 11 heavy (non-hydrogen) atoms. The second-order valence-corrected chi connectivity index (χ2v) is 4.89. The number of alkyl halides is 1. The van der Waals surface area contributed by atoms with Crippen molar-refractivity contribution in [2.75, 3.05) is 12.4 Å². The molecule has 0 aromatic heterocycles. The molecule has 2 spiro atoms. The lowest BCUT2D eigenvalue weighted by atomic mass is 10.3. The van der Waals surface area contributed by atoms with Crippen molar-refractivity contribution in [2.45, 2.75) is 31.3 Å². The lowest BCUT2D eigenvalue weighted by molar-refractivity contribution is 0.0698. The molecule has 3 rings (SSSR count). The number of halogens is 1. The molecule has 0 saturated heterocycles. The first-order chi connectivity index (χ1) is 5.29. The molecule has 0 aromatic carbocycles. The Bertz CT molecular complexity index is 192. The molecule has 3 aliphatic rings. The van der Waals surface area contributed by atoms with Gasteiger partial charge in [0.15, 0.2) is 0 Å². The molecule has 0 radical (unpaired) electrons. The summed E-state index contributed by atoms with van der Waals surface area (Å²) in [5.74, 6) is 0. The van der Waals surface area contributed by atoms with Gasteiger partial charge in [0.25, 0.3) is 0 Å². The molecule has 0 unspecified atom stereocenters. The third-order valence-electron chi connectivity index (χ3n) is 4.44. The van der Waals surface area contributed by atoms with Gasteiger partial charge in [-0.25, -0.2) is 0 Å². The molecule has 0 bridgehead atoms. The van der Waals surface area contributed by atoms with Crippen LogP contribution in [0.25, 0.3) is 0 Å². The fourth-order valence-corrected chi connectivity index (χ4v) is 4.91. The molecule has 0 amide bonds. The van der Waals surface area contributed by atoms with E-state index in [2.05, 4.69) is 15.9 Å². The van der Waals surface area contributed by atoms with Crippen LogP contribution < -0.4 is 0 Å². The third-order valence-corrected chi connectivity index (χ3v) is 5.23. The van der Waals surface area contributed by atoms with Crippen LogP contribution in [0.4, 0.5) is 0 Å². The Hall–Kier alpha value is 0.440. The van der Waals surface area contributed by atoms with E-state index in [1.54, 1.807) is 0 Å². The molecule has 3 aliphatic carbocycles. The summed E-state index contributed by atoms with van der Waals surface area (Å²) in [4.78, 5) is 0. The number of methoxy groups -OCH3 is 1. The van der Waals surface area contributed by atoms with Crippen LogP contribution in [0.15, 0.2) is 0 Å². The predicted octanol–water partition coefficient (Wildman–Crippen LogP) is 2.34. The summed E-state index contributed by atoms with van der Waals surface area (Å²) >= 11 is 3.60. The van der Waals surface area contributed by atoms with Crippen molar-refractivity contribution in [2.24, 2.45) is 10.8 Å². The van der Waals surface area contributed by atoms with E-state index in [1.807, 2.05) is 7.11 Å². The van der Waals surface area contributed by atoms with Gasteiger partial charge in [-0.2, -0.15) is 0 Å². The summed E-state index contributed by atoms with van der Waals surface area (Å²) in [6, 6.07) is 0. The van der Waals surface area contributed by atoms with E-state index >= 15 is 0 Å². The van der Waals surface area contributed by atoms with Crippen LogP contribution in [0.2, 0.25) is 0 Å². The Morgan fingerprint density at radius 2 is 1.64 bits per heavy atom. The van der Waals surface area contributed by atoms with Gasteiger partial charge in [0.2, 0.25) is 0 Å². The molecule has 0 aromatic rings. The minimum Gasteiger partial charge on any atom is -0.376 e.